The monoisotopic (exact) mass is 342 g/mol. The Labute approximate surface area is 138 Å². The lowest BCUT2D eigenvalue weighted by atomic mass is 10.1. The Hall–Kier alpha value is -3.06. The Balaban J connectivity index is 1.98. The quantitative estimate of drug-likeness (QED) is 0.676. The molecule has 1 amide bonds. The first-order chi connectivity index (χ1) is 11.4. The van der Waals surface area contributed by atoms with E-state index < -0.39 is 15.9 Å². The van der Waals surface area contributed by atoms with Gasteiger partial charge in [0.15, 0.2) is 0 Å². The summed E-state index contributed by atoms with van der Waals surface area (Å²) in [5.41, 5.74) is 5.27. The highest BCUT2D eigenvalue weighted by atomic mass is 32.2. The molecule has 4 N–H and O–H groups in total. The summed E-state index contributed by atoms with van der Waals surface area (Å²) in [5, 5.41) is 11.4. The third-order valence-corrected chi connectivity index (χ3v) is 4.92. The molecule has 3 aromatic rings. The first-order valence-corrected chi connectivity index (χ1v) is 8.49. The molecule has 0 atom stereocenters. The van der Waals surface area contributed by atoms with Gasteiger partial charge >= 0.3 is 0 Å². The normalized spacial score (nSPS) is 11.3. The van der Waals surface area contributed by atoms with E-state index in [4.69, 9.17) is 5.73 Å². The van der Waals surface area contributed by atoms with Crippen molar-refractivity contribution in [2.45, 2.75) is 4.90 Å². The second-order valence-corrected chi connectivity index (χ2v) is 6.89. The van der Waals surface area contributed by atoms with Crippen LogP contribution in [0.25, 0.3) is 10.8 Å². The Morgan fingerprint density at radius 2 is 1.67 bits per heavy atom. The van der Waals surface area contributed by atoms with E-state index in [1.165, 1.54) is 6.07 Å². The summed E-state index contributed by atoms with van der Waals surface area (Å²) < 4.78 is 27.4. The van der Waals surface area contributed by atoms with Gasteiger partial charge in [-0.25, -0.2) is 8.42 Å². The molecule has 122 valence electrons. The third kappa shape index (κ3) is 3.02. The molecule has 24 heavy (non-hydrogen) atoms. The first kappa shape index (κ1) is 15.8. The molecule has 6 nitrogen and oxygen atoms in total. The molecule has 0 heterocycles. The van der Waals surface area contributed by atoms with Gasteiger partial charge in [-0.05, 0) is 41.1 Å². The molecule has 3 rings (SSSR count). The fourth-order valence-corrected chi connectivity index (χ4v) is 3.42. The number of primary amides is 1. The van der Waals surface area contributed by atoms with Crippen molar-refractivity contribution in [2.24, 2.45) is 5.73 Å². The minimum Gasteiger partial charge on any atom is -0.507 e. The van der Waals surface area contributed by atoms with Crippen LogP contribution in [-0.4, -0.2) is 19.4 Å². The maximum atomic E-state index is 12.5. The van der Waals surface area contributed by atoms with Crippen LogP contribution in [0, 0.1) is 0 Å². The molecule has 0 bridgehead atoms. The van der Waals surface area contributed by atoms with E-state index in [1.807, 2.05) is 24.3 Å². The molecule has 0 spiro atoms. The van der Waals surface area contributed by atoms with Gasteiger partial charge in [0.25, 0.3) is 15.9 Å². The van der Waals surface area contributed by atoms with E-state index >= 15 is 0 Å². The molecule has 0 unspecified atom stereocenters. The van der Waals surface area contributed by atoms with Gasteiger partial charge in [0, 0.05) is 5.69 Å². The van der Waals surface area contributed by atoms with E-state index in [0.717, 1.165) is 22.9 Å². The molecular weight excluding hydrogens is 328 g/mol. The topological polar surface area (TPSA) is 109 Å². The Bertz CT molecular complexity index is 1050. The zero-order valence-corrected chi connectivity index (χ0v) is 13.2. The van der Waals surface area contributed by atoms with Crippen LogP contribution in [0.5, 0.6) is 5.75 Å². The van der Waals surface area contributed by atoms with Gasteiger partial charge in [0.1, 0.15) is 5.75 Å². The van der Waals surface area contributed by atoms with Crippen molar-refractivity contribution < 1.29 is 18.3 Å². The number of nitrogens with two attached hydrogens (primary N) is 1. The summed E-state index contributed by atoms with van der Waals surface area (Å²) in [4.78, 5) is 11.1. The smallest absolute Gasteiger partial charge is 0.261 e. The Morgan fingerprint density at radius 1 is 0.958 bits per heavy atom. The first-order valence-electron chi connectivity index (χ1n) is 7.01. The van der Waals surface area contributed by atoms with Crippen LogP contribution in [0.3, 0.4) is 0 Å². The van der Waals surface area contributed by atoms with Crippen molar-refractivity contribution in [3.8, 4) is 5.75 Å². The second-order valence-electron chi connectivity index (χ2n) is 5.21. The number of amides is 1. The van der Waals surface area contributed by atoms with Crippen molar-refractivity contribution in [2.75, 3.05) is 4.72 Å². The predicted octanol–water partition coefficient (Wildman–Crippen LogP) is 2.45. The Kier molecular flexibility index (Phi) is 3.86. The number of rotatable bonds is 4. The molecule has 0 aliphatic carbocycles. The molecule has 0 aliphatic heterocycles. The number of nitrogens with one attached hydrogen (secondary N) is 1. The number of aromatic hydroxyl groups is 1. The summed E-state index contributed by atoms with van der Waals surface area (Å²) in [5.74, 6) is -1.28. The summed E-state index contributed by atoms with van der Waals surface area (Å²) in [7, 11) is -3.92. The highest BCUT2D eigenvalue weighted by molar-refractivity contribution is 7.92. The van der Waals surface area contributed by atoms with Crippen LogP contribution in [-0.2, 0) is 10.0 Å². The van der Waals surface area contributed by atoms with E-state index in [1.54, 1.807) is 18.2 Å². The molecule has 3 aromatic carbocycles. The maximum absolute atomic E-state index is 12.5. The number of phenols is 1. The summed E-state index contributed by atoms with van der Waals surface area (Å²) >= 11 is 0. The van der Waals surface area contributed by atoms with E-state index in [2.05, 4.69) is 4.72 Å². The molecule has 0 fully saturated rings. The third-order valence-electron chi connectivity index (χ3n) is 3.55. The SMILES string of the molecule is NC(=O)c1cc(S(=O)(=O)Nc2ccc3ccccc3c2)ccc1O. The lowest BCUT2D eigenvalue weighted by Crippen LogP contribution is -2.16. The van der Waals surface area contributed by atoms with Crippen LogP contribution < -0.4 is 10.5 Å². The number of hydrogen-bond acceptors (Lipinski definition) is 4. The molecule has 7 heteroatoms. The molecular formula is C17H14N2O4S. The van der Waals surface area contributed by atoms with E-state index in [9.17, 15) is 18.3 Å². The minimum absolute atomic E-state index is 0.165. The number of sulfonamides is 1. The summed E-state index contributed by atoms with van der Waals surface area (Å²) in [6, 6.07) is 16.1. The van der Waals surface area contributed by atoms with Crippen LogP contribution >= 0.6 is 0 Å². The summed E-state index contributed by atoms with van der Waals surface area (Å²) in [6.07, 6.45) is 0. The van der Waals surface area contributed by atoms with Gasteiger partial charge in [0.2, 0.25) is 0 Å². The van der Waals surface area contributed by atoms with E-state index in [-0.39, 0.29) is 16.2 Å². The fourth-order valence-electron chi connectivity index (χ4n) is 2.35. The lowest BCUT2D eigenvalue weighted by Gasteiger charge is -2.10. The van der Waals surface area contributed by atoms with Gasteiger partial charge in [-0.3, -0.25) is 9.52 Å². The number of carbonyl (C=O) groups is 1. The van der Waals surface area contributed by atoms with Crippen molar-refractivity contribution in [3.05, 3.63) is 66.2 Å². The van der Waals surface area contributed by atoms with Crippen molar-refractivity contribution in [1.82, 2.24) is 0 Å². The zero-order valence-electron chi connectivity index (χ0n) is 12.4. The fraction of sp³-hybridized carbons (Fsp3) is 0. The average molecular weight is 342 g/mol. The van der Waals surface area contributed by atoms with Crippen molar-refractivity contribution in [3.63, 3.8) is 0 Å². The predicted molar refractivity (Wildman–Crippen MR) is 91.4 cm³/mol. The molecule has 0 saturated carbocycles. The van der Waals surface area contributed by atoms with Crippen LogP contribution in [0.2, 0.25) is 0 Å². The van der Waals surface area contributed by atoms with Gasteiger partial charge in [0.05, 0.1) is 10.5 Å². The van der Waals surface area contributed by atoms with Crippen LogP contribution in [0.15, 0.2) is 65.6 Å². The van der Waals surface area contributed by atoms with E-state index in [0.29, 0.717) is 5.69 Å². The minimum atomic E-state index is -3.92. The second kappa shape index (κ2) is 5.86. The van der Waals surface area contributed by atoms with Crippen molar-refractivity contribution in [1.29, 1.82) is 0 Å². The number of anilines is 1. The maximum Gasteiger partial charge on any atom is 0.261 e. The van der Waals surface area contributed by atoms with Crippen LogP contribution in [0.4, 0.5) is 5.69 Å². The van der Waals surface area contributed by atoms with Gasteiger partial charge in [-0.1, -0.05) is 30.3 Å². The molecule has 0 aromatic heterocycles. The van der Waals surface area contributed by atoms with Crippen LogP contribution in [0.1, 0.15) is 10.4 Å². The number of carbonyl (C=O) groups excluding carboxylic acids is 1. The average Bonchev–Trinajstić information content (AvgIpc) is 2.54. The van der Waals surface area contributed by atoms with Gasteiger partial charge in [-0.2, -0.15) is 0 Å². The number of hydrogen-bond donors (Lipinski definition) is 3. The Morgan fingerprint density at radius 3 is 2.38 bits per heavy atom. The zero-order chi connectivity index (χ0) is 17.3. The number of fused-ring (bicyclic) bond motifs is 1. The standard InChI is InChI=1S/C17H14N2O4S/c18-17(21)15-10-14(7-8-16(15)20)24(22,23)19-13-6-5-11-3-1-2-4-12(11)9-13/h1-10,19-20H,(H2,18,21). The molecule has 0 aliphatic rings. The summed E-state index contributed by atoms with van der Waals surface area (Å²) in [6.45, 7) is 0. The number of benzene rings is 3. The van der Waals surface area contributed by atoms with Gasteiger partial charge < -0.3 is 10.8 Å². The highest BCUT2D eigenvalue weighted by Gasteiger charge is 2.18. The van der Waals surface area contributed by atoms with Crippen molar-refractivity contribution >= 4 is 32.4 Å². The lowest BCUT2D eigenvalue weighted by molar-refractivity contribution is 0.0997. The molecule has 0 saturated heterocycles. The largest absolute Gasteiger partial charge is 0.507 e. The van der Waals surface area contributed by atoms with Gasteiger partial charge in [-0.15, -0.1) is 0 Å². The molecule has 0 radical (unpaired) electrons. The highest BCUT2D eigenvalue weighted by Crippen LogP contribution is 2.24.